The number of hydrogen-bond donors (Lipinski definition) is 2. The van der Waals surface area contributed by atoms with E-state index in [-0.39, 0.29) is 18.2 Å². The lowest BCUT2D eigenvalue weighted by molar-refractivity contribution is -0.138. The quantitative estimate of drug-likeness (QED) is 0.810. The molecular weight excluding hydrogens is 282 g/mol. The van der Waals surface area contributed by atoms with Crippen LogP contribution in [-0.2, 0) is 9.59 Å². The summed E-state index contributed by atoms with van der Waals surface area (Å²) in [5, 5.41) is 11.9. The van der Waals surface area contributed by atoms with E-state index in [1.807, 2.05) is 0 Å². The lowest BCUT2D eigenvalue weighted by Crippen LogP contribution is -2.38. The second-order valence-corrected chi connectivity index (χ2v) is 5.10. The molecule has 5 nitrogen and oxygen atoms in total. The number of ether oxygens (including phenoxy) is 1. The van der Waals surface area contributed by atoms with E-state index < -0.39 is 12.1 Å². The fraction of sp³-hybridized carbons (Fsp3) is 0.429. The first kappa shape index (κ1) is 16.3. The van der Waals surface area contributed by atoms with E-state index in [0.29, 0.717) is 17.3 Å². The summed E-state index contributed by atoms with van der Waals surface area (Å²) in [5.41, 5.74) is 0. The number of carboxylic acid groups (broad SMARTS) is 1. The van der Waals surface area contributed by atoms with Gasteiger partial charge in [0.2, 0.25) is 0 Å². The van der Waals surface area contributed by atoms with Crippen LogP contribution >= 0.6 is 11.6 Å². The van der Waals surface area contributed by atoms with Crippen LogP contribution in [0.25, 0.3) is 0 Å². The summed E-state index contributed by atoms with van der Waals surface area (Å²) in [4.78, 5) is 22.3. The van der Waals surface area contributed by atoms with Crippen molar-refractivity contribution in [3.8, 4) is 5.75 Å². The van der Waals surface area contributed by atoms with Crippen molar-refractivity contribution in [3.63, 3.8) is 0 Å². The van der Waals surface area contributed by atoms with Gasteiger partial charge in [-0.2, -0.15) is 0 Å². The van der Waals surface area contributed by atoms with Gasteiger partial charge in [-0.1, -0.05) is 18.5 Å². The Bertz CT molecular complexity index is 461. The fourth-order valence-corrected chi connectivity index (χ4v) is 1.69. The number of carboxylic acids is 1. The number of rotatable bonds is 7. The van der Waals surface area contributed by atoms with E-state index in [1.165, 1.54) is 0 Å². The number of nitrogens with one attached hydrogen (secondary N) is 1. The molecule has 0 aliphatic carbocycles. The SMILES string of the molecule is CC(CNC(=O)C(C)Oc1ccc(Cl)cc1)CC(=O)O. The van der Waals surface area contributed by atoms with Gasteiger partial charge in [0, 0.05) is 18.0 Å². The maximum atomic E-state index is 11.8. The van der Waals surface area contributed by atoms with Crippen molar-refractivity contribution < 1.29 is 19.4 Å². The molecule has 0 saturated heterocycles. The number of benzene rings is 1. The Kier molecular flexibility index (Phi) is 6.31. The minimum absolute atomic E-state index is 0.0205. The molecule has 0 heterocycles. The Morgan fingerprint density at radius 2 is 1.90 bits per heavy atom. The molecule has 0 fully saturated rings. The van der Waals surface area contributed by atoms with Crippen molar-refractivity contribution in [3.05, 3.63) is 29.3 Å². The van der Waals surface area contributed by atoms with Gasteiger partial charge in [0.25, 0.3) is 5.91 Å². The van der Waals surface area contributed by atoms with Gasteiger partial charge in [0.15, 0.2) is 6.10 Å². The number of amides is 1. The first-order valence-electron chi connectivity index (χ1n) is 6.30. The van der Waals surface area contributed by atoms with Crippen LogP contribution < -0.4 is 10.1 Å². The van der Waals surface area contributed by atoms with Crippen LogP contribution in [-0.4, -0.2) is 29.6 Å². The summed E-state index contributed by atoms with van der Waals surface area (Å²) in [6.07, 6.45) is -0.639. The molecule has 1 aromatic carbocycles. The van der Waals surface area contributed by atoms with Crippen molar-refractivity contribution in [2.24, 2.45) is 5.92 Å². The zero-order valence-electron chi connectivity index (χ0n) is 11.4. The smallest absolute Gasteiger partial charge is 0.303 e. The first-order valence-corrected chi connectivity index (χ1v) is 6.68. The molecule has 20 heavy (non-hydrogen) atoms. The van der Waals surface area contributed by atoms with Crippen LogP contribution in [0.3, 0.4) is 0 Å². The van der Waals surface area contributed by atoms with Gasteiger partial charge in [-0.25, -0.2) is 0 Å². The molecule has 0 radical (unpaired) electrons. The fourth-order valence-electron chi connectivity index (χ4n) is 1.56. The normalized spacial score (nSPS) is 13.3. The summed E-state index contributed by atoms with van der Waals surface area (Å²) < 4.78 is 5.46. The van der Waals surface area contributed by atoms with E-state index >= 15 is 0 Å². The monoisotopic (exact) mass is 299 g/mol. The maximum absolute atomic E-state index is 11.8. The Hall–Kier alpha value is -1.75. The molecule has 0 aliphatic heterocycles. The molecule has 0 aromatic heterocycles. The zero-order chi connectivity index (χ0) is 15.1. The summed E-state index contributed by atoms with van der Waals surface area (Å²) in [6, 6.07) is 6.71. The minimum Gasteiger partial charge on any atom is -0.481 e. The lowest BCUT2D eigenvalue weighted by atomic mass is 10.1. The lowest BCUT2D eigenvalue weighted by Gasteiger charge is -2.16. The van der Waals surface area contributed by atoms with Gasteiger partial charge in [0.05, 0.1) is 0 Å². The second kappa shape index (κ2) is 7.75. The van der Waals surface area contributed by atoms with Crippen LogP contribution in [0.5, 0.6) is 5.75 Å². The Morgan fingerprint density at radius 3 is 2.45 bits per heavy atom. The van der Waals surface area contributed by atoms with E-state index in [2.05, 4.69) is 5.32 Å². The van der Waals surface area contributed by atoms with Gasteiger partial charge in [-0.3, -0.25) is 9.59 Å². The molecule has 2 N–H and O–H groups in total. The van der Waals surface area contributed by atoms with Crippen LogP contribution in [0.15, 0.2) is 24.3 Å². The van der Waals surface area contributed by atoms with Crippen LogP contribution in [0.1, 0.15) is 20.3 Å². The molecule has 1 aromatic rings. The maximum Gasteiger partial charge on any atom is 0.303 e. The average molecular weight is 300 g/mol. The Morgan fingerprint density at radius 1 is 1.30 bits per heavy atom. The number of carbonyl (C=O) groups is 2. The molecule has 110 valence electrons. The second-order valence-electron chi connectivity index (χ2n) is 4.66. The van der Waals surface area contributed by atoms with Crippen molar-refractivity contribution in [2.75, 3.05) is 6.54 Å². The molecule has 0 aliphatic rings. The Balaban J connectivity index is 2.39. The minimum atomic E-state index is -0.878. The predicted octanol–water partition coefficient (Wildman–Crippen LogP) is 2.33. The van der Waals surface area contributed by atoms with E-state index in [9.17, 15) is 9.59 Å². The number of carbonyl (C=O) groups excluding carboxylic acids is 1. The summed E-state index contributed by atoms with van der Waals surface area (Å²) >= 11 is 5.75. The molecule has 6 heteroatoms. The molecular formula is C14H18ClNO4. The largest absolute Gasteiger partial charge is 0.481 e. The standard InChI is InChI=1S/C14H18ClNO4/c1-9(7-13(17)18)8-16-14(19)10(2)20-12-5-3-11(15)4-6-12/h3-6,9-10H,7-8H2,1-2H3,(H,16,19)(H,17,18). The van der Waals surface area contributed by atoms with Crippen molar-refractivity contribution in [2.45, 2.75) is 26.4 Å². The average Bonchev–Trinajstić information content (AvgIpc) is 2.37. The summed E-state index contributed by atoms with van der Waals surface area (Å²) in [7, 11) is 0. The van der Waals surface area contributed by atoms with Crippen molar-refractivity contribution >= 4 is 23.5 Å². The van der Waals surface area contributed by atoms with Gasteiger partial charge in [-0.15, -0.1) is 0 Å². The highest BCUT2D eigenvalue weighted by molar-refractivity contribution is 6.30. The summed E-state index contributed by atoms with van der Waals surface area (Å²) in [6.45, 7) is 3.70. The third-order valence-electron chi connectivity index (χ3n) is 2.64. The van der Waals surface area contributed by atoms with E-state index in [0.717, 1.165) is 0 Å². The highest BCUT2D eigenvalue weighted by atomic mass is 35.5. The molecule has 0 saturated carbocycles. The molecule has 0 bridgehead atoms. The van der Waals surface area contributed by atoms with Crippen LogP contribution in [0.2, 0.25) is 5.02 Å². The first-order chi connectivity index (χ1) is 9.38. The molecule has 1 amide bonds. The van der Waals surface area contributed by atoms with Gasteiger partial charge in [0.1, 0.15) is 5.75 Å². The molecule has 1 rings (SSSR count). The topological polar surface area (TPSA) is 75.6 Å². The van der Waals surface area contributed by atoms with Gasteiger partial charge >= 0.3 is 5.97 Å². The Labute approximate surface area is 122 Å². The molecule has 2 unspecified atom stereocenters. The number of hydrogen-bond acceptors (Lipinski definition) is 3. The van der Waals surface area contributed by atoms with E-state index in [1.54, 1.807) is 38.1 Å². The van der Waals surface area contributed by atoms with Crippen LogP contribution in [0.4, 0.5) is 0 Å². The van der Waals surface area contributed by atoms with E-state index in [4.69, 9.17) is 21.4 Å². The predicted molar refractivity (Wildman–Crippen MR) is 76.0 cm³/mol. The third kappa shape index (κ3) is 5.93. The van der Waals surface area contributed by atoms with Crippen LogP contribution in [0, 0.1) is 5.92 Å². The number of aliphatic carboxylic acids is 1. The number of halogens is 1. The van der Waals surface area contributed by atoms with Crippen molar-refractivity contribution in [1.29, 1.82) is 0 Å². The van der Waals surface area contributed by atoms with Gasteiger partial charge < -0.3 is 15.2 Å². The highest BCUT2D eigenvalue weighted by Crippen LogP contribution is 2.16. The third-order valence-corrected chi connectivity index (χ3v) is 2.90. The molecule has 0 spiro atoms. The summed E-state index contributed by atoms with van der Waals surface area (Å²) in [5.74, 6) is -0.732. The highest BCUT2D eigenvalue weighted by Gasteiger charge is 2.16. The van der Waals surface area contributed by atoms with Crippen molar-refractivity contribution in [1.82, 2.24) is 5.32 Å². The van der Waals surface area contributed by atoms with Gasteiger partial charge in [-0.05, 0) is 37.1 Å². The molecule has 2 atom stereocenters. The zero-order valence-corrected chi connectivity index (χ0v) is 12.2.